The summed E-state index contributed by atoms with van der Waals surface area (Å²) in [5.74, 6) is 0. The average Bonchev–Trinajstić information content (AvgIpc) is 2.18. The predicted octanol–water partition coefficient (Wildman–Crippen LogP) is 1.44. The van der Waals surface area contributed by atoms with Crippen LogP contribution in [0.4, 0.5) is 0 Å². The first-order chi connectivity index (χ1) is 6.70. The fraction of sp³-hybridized carbons (Fsp3) is 0.231. The number of hydrogen-bond donors (Lipinski definition) is 0. The molecule has 0 N–H and O–H groups in total. The summed E-state index contributed by atoms with van der Waals surface area (Å²) < 4.78 is 0. The molecule has 1 aromatic carbocycles. The quantitative estimate of drug-likeness (QED) is 0.512. The standard InChI is InChI=1S/C13H18Si/c1-4-6-11-8-9-13(14)10(3)12(11)7-5-2/h4-5,8-9H,1-2,6-7H2,3,14H3. The summed E-state index contributed by atoms with van der Waals surface area (Å²) in [6.07, 6.45) is 5.89. The fourth-order valence-electron chi connectivity index (χ4n) is 1.71. The van der Waals surface area contributed by atoms with Crippen molar-refractivity contribution < 1.29 is 0 Å². The molecule has 1 rings (SSSR count). The van der Waals surface area contributed by atoms with Crippen molar-refractivity contribution in [3.8, 4) is 0 Å². The maximum absolute atomic E-state index is 3.81. The highest BCUT2D eigenvalue weighted by Gasteiger charge is 2.04. The second kappa shape index (κ2) is 4.96. The second-order valence-electron chi connectivity index (χ2n) is 3.63. The molecule has 0 amide bonds. The van der Waals surface area contributed by atoms with Crippen LogP contribution in [0, 0.1) is 6.92 Å². The van der Waals surface area contributed by atoms with E-state index in [1.807, 2.05) is 12.2 Å². The van der Waals surface area contributed by atoms with Gasteiger partial charge < -0.3 is 0 Å². The molecule has 0 spiro atoms. The Morgan fingerprint density at radius 2 is 1.86 bits per heavy atom. The predicted molar refractivity (Wildman–Crippen MR) is 68.6 cm³/mol. The number of rotatable bonds is 4. The van der Waals surface area contributed by atoms with Gasteiger partial charge in [-0.1, -0.05) is 29.5 Å². The van der Waals surface area contributed by atoms with Crippen molar-refractivity contribution in [3.05, 3.63) is 54.1 Å². The topological polar surface area (TPSA) is 0 Å². The zero-order valence-electron chi connectivity index (χ0n) is 9.14. The minimum atomic E-state index is 0.964. The van der Waals surface area contributed by atoms with Crippen LogP contribution in [0.5, 0.6) is 0 Å². The van der Waals surface area contributed by atoms with Gasteiger partial charge in [-0.25, -0.2) is 0 Å². The first kappa shape index (κ1) is 11.0. The van der Waals surface area contributed by atoms with Gasteiger partial charge in [-0.15, -0.1) is 13.2 Å². The maximum Gasteiger partial charge on any atom is 0.0388 e. The molecule has 0 aliphatic carbocycles. The maximum atomic E-state index is 3.81. The van der Waals surface area contributed by atoms with Gasteiger partial charge in [-0.3, -0.25) is 0 Å². The monoisotopic (exact) mass is 202 g/mol. The van der Waals surface area contributed by atoms with Crippen LogP contribution in [0.15, 0.2) is 37.4 Å². The van der Waals surface area contributed by atoms with Crippen molar-refractivity contribution in [2.24, 2.45) is 0 Å². The normalized spacial score (nSPS) is 10.1. The van der Waals surface area contributed by atoms with Gasteiger partial charge in [0.05, 0.1) is 0 Å². The van der Waals surface area contributed by atoms with E-state index in [1.165, 1.54) is 21.9 Å². The Hall–Kier alpha value is -1.08. The highest BCUT2D eigenvalue weighted by Crippen LogP contribution is 2.14. The van der Waals surface area contributed by atoms with E-state index in [1.54, 1.807) is 0 Å². The minimum absolute atomic E-state index is 0.964. The van der Waals surface area contributed by atoms with Crippen LogP contribution >= 0.6 is 0 Å². The molecule has 0 atom stereocenters. The summed E-state index contributed by atoms with van der Waals surface area (Å²) >= 11 is 0. The zero-order chi connectivity index (χ0) is 10.6. The fourth-order valence-corrected chi connectivity index (χ4v) is 2.17. The van der Waals surface area contributed by atoms with Crippen LogP contribution in [0.1, 0.15) is 16.7 Å². The van der Waals surface area contributed by atoms with Crippen molar-refractivity contribution in [3.63, 3.8) is 0 Å². The van der Waals surface area contributed by atoms with Crippen LogP contribution < -0.4 is 5.19 Å². The first-order valence-corrected chi connectivity index (χ1v) is 6.00. The van der Waals surface area contributed by atoms with Crippen molar-refractivity contribution in [1.82, 2.24) is 0 Å². The van der Waals surface area contributed by atoms with Crippen molar-refractivity contribution in [2.75, 3.05) is 0 Å². The number of benzene rings is 1. The third-order valence-corrected chi connectivity index (χ3v) is 3.76. The van der Waals surface area contributed by atoms with E-state index in [0.717, 1.165) is 23.1 Å². The Labute approximate surface area is 89.8 Å². The van der Waals surface area contributed by atoms with Crippen LogP contribution in [0.3, 0.4) is 0 Å². The van der Waals surface area contributed by atoms with E-state index in [2.05, 4.69) is 32.2 Å². The van der Waals surface area contributed by atoms with Gasteiger partial charge >= 0.3 is 0 Å². The lowest BCUT2D eigenvalue weighted by Crippen LogP contribution is -2.11. The molecule has 0 heterocycles. The Morgan fingerprint density at radius 1 is 1.21 bits per heavy atom. The lowest BCUT2D eigenvalue weighted by molar-refractivity contribution is 1.13. The van der Waals surface area contributed by atoms with Crippen LogP contribution in [-0.2, 0) is 12.8 Å². The Morgan fingerprint density at radius 3 is 2.43 bits per heavy atom. The largest absolute Gasteiger partial charge is 0.103 e. The third-order valence-electron chi connectivity index (χ3n) is 2.68. The summed E-state index contributed by atoms with van der Waals surface area (Å²) in [6.45, 7) is 9.82. The van der Waals surface area contributed by atoms with Crippen LogP contribution in [0.25, 0.3) is 0 Å². The summed E-state index contributed by atoms with van der Waals surface area (Å²) in [6, 6.07) is 4.48. The lowest BCUT2D eigenvalue weighted by atomic mass is 9.97. The first-order valence-electron chi connectivity index (χ1n) is 5.00. The molecule has 0 unspecified atom stereocenters. The molecule has 0 aliphatic heterocycles. The molecule has 14 heavy (non-hydrogen) atoms. The number of allylic oxidation sites excluding steroid dienone is 2. The van der Waals surface area contributed by atoms with E-state index in [-0.39, 0.29) is 0 Å². The van der Waals surface area contributed by atoms with Gasteiger partial charge in [0.2, 0.25) is 0 Å². The summed E-state index contributed by atoms with van der Waals surface area (Å²) in [7, 11) is 1.12. The average molecular weight is 202 g/mol. The smallest absolute Gasteiger partial charge is 0.0388 e. The molecular formula is C13H18Si. The van der Waals surface area contributed by atoms with Gasteiger partial charge in [0.1, 0.15) is 0 Å². The number of hydrogen-bond acceptors (Lipinski definition) is 0. The van der Waals surface area contributed by atoms with Crippen molar-refractivity contribution in [2.45, 2.75) is 19.8 Å². The van der Waals surface area contributed by atoms with Gasteiger partial charge in [0, 0.05) is 10.2 Å². The Balaban J connectivity index is 3.21. The molecule has 1 aromatic rings. The molecule has 0 aromatic heterocycles. The van der Waals surface area contributed by atoms with E-state index in [4.69, 9.17) is 0 Å². The van der Waals surface area contributed by atoms with E-state index in [9.17, 15) is 0 Å². The molecule has 0 bridgehead atoms. The van der Waals surface area contributed by atoms with Gasteiger partial charge in [0.25, 0.3) is 0 Å². The molecular weight excluding hydrogens is 184 g/mol. The van der Waals surface area contributed by atoms with E-state index < -0.39 is 0 Å². The van der Waals surface area contributed by atoms with Gasteiger partial charge in [-0.05, 0) is 36.5 Å². The molecule has 0 nitrogen and oxygen atoms in total. The second-order valence-corrected chi connectivity index (χ2v) is 4.71. The summed E-state index contributed by atoms with van der Waals surface area (Å²) in [4.78, 5) is 0. The molecule has 1 heteroatoms. The van der Waals surface area contributed by atoms with Gasteiger partial charge in [0.15, 0.2) is 0 Å². The summed E-state index contributed by atoms with van der Waals surface area (Å²) in [5.41, 5.74) is 4.31. The zero-order valence-corrected chi connectivity index (χ0v) is 11.1. The molecule has 0 saturated carbocycles. The molecule has 0 saturated heterocycles. The highest BCUT2D eigenvalue weighted by atomic mass is 28.1. The SMILES string of the molecule is C=CCc1ccc([SiH3])c(C)c1CC=C. The van der Waals surface area contributed by atoms with E-state index in [0.29, 0.717) is 0 Å². The lowest BCUT2D eigenvalue weighted by Gasteiger charge is -2.12. The molecule has 0 fully saturated rings. The minimum Gasteiger partial charge on any atom is -0.103 e. The van der Waals surface area contributed by atoms with Crippen molar-refractivity contribution in [1.29, 1.82) is 0 Å². The van der Waals surface area contributed by atoms with Gasteiger partial charge in [-0.2, -0.15) is 0 Å². The summed E-state index contributed by atoms with van der Waals surface area (Å²) in [5, 5.41) is 1.50. The Kier molecular flexibility index (Phi) is 3.90. The highest BCUT2D eigenvalue weighted by molar-refractivity contribution is 6.33. The molecule has 0 radical (unpaired) electrons. The van der Waals surface area contributed by atoms with Crippen molar-refractivity contribution >= 4 is 15.4 Å². The molecule has 74 valence electrons. The third kappa shape index (κ3) is 2.24. The van der Waals surface area contributed by atoms with Crippen LogP contribution in [-0.4, -0.2) is 10.2 Å². The Bertz CT molecular complexity index is 350. The van der Waals surface area contributed by atoms with Crippen LogP contribution in [0.2, 0.25) is 0 Å². The molecule has 0 aliphatic rings. The van der Waals surface area contributed by atoms with E-state index >= 15 is 0 Å².